The molecule has 0 N–H and O–H groups in total. The highest BCUT2D eigenvalue weighted by atomic mass is 35.5. The Morgan fingerprint density at radius 2 is 1.27 bits per heavy atom. The van der Waals surface area contributed by atoms with E-state index in [-0.39, 0.29) is 6.04 Å². The van der Waals surface area contributed by atoms with Crippen LogP contribution in [0.2, 0.25) is 5.02 Å². The van der Waals surface area contributed by atoms with Crippen molar-refractivity contribution >= 4 is 66.6 Å². The maximum atomic E-state index is 7.33. The SMILES string of the molecule is Clc1c(C2=NC(c3ccc(-c4ccccc4)cc3)CCCC(c3cc4ccccc4c4ccccc34)=N2)ccc2oc3ccccc3c12. The lowest BCUT2D eigenvalue weighted by Gasteiger charge is -2.21. The van der Waals surface area contributed by atoms with E-state index in [1.54, 1.807) is 0 Å². The van der Waals surface area contributed by atoms with Gasteiger partial charge in [0, 0.05) is 21.9 Å². The largest absolute Gasteiger partial charge is 0.456 e. The number of amidine groups is 1. The molecule has 48 heavy (non-hydrogen) atoms. The molecule has 0 spiro atoms. The number of nitrogens with zero attached hydrogens (tertiary/aromatic N) is 2. The van der Waals surface area contributed by atoms with Crippen molar-refractivity contribution in [2.75, 3.05) is 0 Å². The fourth-order valence-electron chi connectivity index (χ4n) is 7.22. The summed E-state index contributed by atoms with van der Waals surface area (Å²) in [6.07, 6.45) is 2.68. The quantitative estimate of drug-likeness (QED) is 0.177. The molecule has 0 saturated heterocycles. The van der Waals surface area contributed by atoms with Crippen LogP contribution in [0.5, 0.6) is 0 Å². The molecule has 1 aliphatic rings. The lowest BCUT2D eigenvalue weighted by molar-refractivity contribution is 0.622. The Hall–Kier alpha value is -5.51. The van der Waals surface area contributed by atoms with Gasteiger partial charge in [0.1, 0.15) is 11.2 Å². The van der Waals surface area contributed by atoms with Crippen LogP contribution in [0, 0.1) is 0 Å². The molecule has 0 fully saturated rings. The summed E-state index contributed by atoms with van der Waals surface area (Å²) in [6.45, 7) is 0. The average molecular weight is 639 g/mol. The number of aliphatic imine (C=N–C) groups is 2. The summed E-state index contributed by atoms with van der Waals surface area (Å²) in [4.78, 5) is 10.9. The Bertz CT molecular complexity index is 2540. The highest BCUT2D eigenvalue weighted by Gasteiger charge is 2.23. The Morgan fingerprint density at radius 1 is 0.583 bits per heavy atom. The van der Waals surface area contributed by atoms with E-state index in [1.165, 1.54) is 38.2 Å². The third-order valence-corrected chi connectivity index (χ3v) is 10.0. The van der Waals surface area contributed by atoms with E-state index < -0.39 is 0 Å². The fraction of sp³-hybridized carbons (Fsp3) is 0.0909. The maximum absolute atomic E-state index is 7.33. The Kier molecular flexibility index (Phi) is 7.13. The van der Waals surface area contributed by atoms with E-state index >= 15 is 0 Å². The highest BCUT2D eigenvalue weighted by Crippen LogP contribution is 2.38. The van der Waals surface area contributed by atoms with Crippen LogP contribution in [0.1, 0.15) is 42.0 Å². The summed E-state index contributed by atoms with van der Waals surface area (Å²) in [5.74, 6) is 0.649. The number of hydrogen-bond donors (Lipinski definition) is 0. The zero-order valence-electron chi connectivity index (χ0n) is 26.2. The third-order valence-electron chi connectivity index (χ3n) is 9.61. The lowest BCUT2D eigenvalue weighted by Crippen LogP contribution is -2.13. The second kappa shape index (κ2) is 11.9. The average Bonchev–Trinajstić information content (AvgIpc) is 3.52. The van der Waals surface area contributed by atoms with Gasteiger partial charge in [0.2, 0.25) is 0 Å². The summed E-state index contributed by atoms with van der Waals surface area (Å²) in [6, 6.07) is 50.9. The van der Waals surface area contributed by atoms with Gasteiger partial charge in [-0.25, -0.2) is 4.99 Å². The molecule has 1 atom stereocenters. The van der Waals surface area contributed by atoms with E-state index in [0.717, 1.165) is 58.0 Å². The van der Waals surface area contributed by atoms with Crippen LogP contribution in [0.25, 0.3) is 54.6 Å². The third kappa shape index (κ3) is 4.99. The summed E-state index contributed by atoms with van der Waals surface area (Å²) in [5, 5.41) is 7.38. The Balaban J connectivity index is 1.24. The van der Waals surface area contributed by atoms with Crippen LogP contribution in [0.4, 0.5) is 0 Å². The normalized spacial score (nSPS) is 15.4. The molecule has 1 unspecified atom stereocenters. The van der Waals surface area contributed by atoms with Crippen molar-refractivity contribution in [3.05, 3.63) is 167 Å². The van der Waals surface area contributed by atoms with Crippen LogP contribution < -0.4 is 0 Å². The van der Waals surface area contributed by atoms with Gasteiger partial charge in [-0.2, -0.15) is 0 Å². The molecule has 3 nitrogen and oxygen atoms in total. The van der Waals surface area contributed by atoms with Gasteiger partial charge < -0.3 is 4.42 Å². The highest BCUT2D eigenvalue weighted by molar-refractivity contribution is 6.41. The van der Waals surface area contributed by atoms with E-state index in [2.05, 4.69) is 109 Å². The number of hydrogen-bond acceptors (Lipinski definition) is 3. The van der Waals surface area contributed by atoms with Gasteiger partial charge in [-0.1, -0.05) is 133 Å². The minimum Gasteiger partial charge on any atom is -0.456 e. The molecule has 0 saturated carbocycles. The maximum Gasteiger partial charge on any atom is 0.156 e. The van der Waals surface area contributed by atoms with Crippen molar-refractivity contribution in [3.8, 4) is 11.1 Å². The number of benzene rings is 7. The van der Waals surface area contributed by atoms with Crippen molar-refractivity contribution in [2.24, 2.45) is 9.98 Å². The van der Waals surface area contributed by atoms with Crippen molar-refractivity contribution in [1.82, 2.24) is 0 Å². The molecule has 230 valence electrons. The monoisotopic (exact) mass is 638 g/mol. The summed E-state index contributed by atoms with van der Waals surface area (Å²) < 4.78 is 6.18. The first-order valence-electron chi connectivity index (χ1n) is 16.5. The zero-order chi connectivity index (χ0) is 32.0. The predicted octanol–water partition coefficient (Wildman–Crippen LogP) is 12.4. The first-order valence-corrected chi connectivity index (χ1v) is 16.9. The van der Waals surface area contributed by atoms with E-state index in [4.69, 9.17) is 26.0 Å². The van der Waals surface area contributed by atoms with Crippen molar-refractivity contribution in [3.63, 3.8) is 0 Å². The standard InChI is InChI=1S/C44H31ClN2O/c45-43-36(25-26-41-42(43)35-17-8-9-20-40(35)48-41)44-46-38(30-23-21-29(22-24-30)28-11-2-1-3-12-28)18-10-19-39(47-44)37-27-31-13-4-5-14-32(31)33-15-6-7-16-34(33)37/h1-9,11-17,20-27,38H,10,18-19H2. The molecule has 4 heteroatoms. The van der Waals surface area contributed by atoms with Crippen LogP contribution >= 0.6 is 11.6 Å². The molecule has 2 heterocycles. The number of furan rings is 1. The number of para-hydroxylation sites is 1. The van der Waals surface area contributed by atoms with E-state index in [9.17, 15) is 0 Å². The molecule has 0 aliphatic carbocycles. The molecule has 0 radical (unpaired) electrons. The van der Waals surface area contributed by atoms with Crippen LogP contribution in [0.3, 0.4) is 0 Å². The zero-order valence-corrected chi connectivity index (χ0v) is 27.0. The van der Waals surface area contributed by atoms with Gasteiger partial charge in [0.15, 0.2) is 5.84 Å². The number of rotatable bonds is 4. The van der Waals surface area contributed by atoms with Gasteiger partial charge in [-0.3, -0.25) is 4.99 Å². The minimum absolute atomic E-state index is 0.0590. The van der Waals surface area contributed by atoms with Gasteiger partial charge in [-0.05, 0) is 81.8 Å². The first-order chi connectivity index (χ1) is 23.7. The number of fused-ring (bicyclic) bond motifs is 6. The van der Waals surface area contributed by atoms with Crippen LogP contribution in [-0.4, -0.2) is 11.5 Å². The van der Waals surface area contributed by atoms with Gasteiger partial charge in [0.25, 0.3) is 0 Å². The second-order valence-electron chi connectivity index (χ2n) is 12.5. The van der Waals surface area contributed by atoms with Crippen molar-refractivity contribution in [1.29, 1.82) is 0 Å². The van der Waals surface area contributed by atoms with Gasteiger partial charge >= 0.3 is 0 Å². The first kappa shape index (κ1) is 28.7. The molecular weight excluding hydrogens is 608 g/mol. The molecule has 1 aromatic heterocycles. The smallest absolute Gasteiger partial charge is 0.156 e. The molecule has 8 aromatic rings. The number of halogens is 1. The molecule has 0 bridgehead atoms. The molecule has 7 aromatic carbocycles. The summed E-state index contributed by atoms with van der Waals surface area (Å²) in [5.41, 5.74) is 8.13. The van der Waals surface area contributed by atoms with Crippen LogP contribution in [-0.2, 0) is 0 Å². The van der Waals surface area contributed by atoms with Crippen LogP contribution in [0.15, 0.2) is 160 Å². The van der Waals surface area contributed by atoms with Gasteiger partial charge in [-0.15, -0.1) is 0 Å². The van der Waals surface area contributed by atoms with Gasteiger partial charge in [0.05, 0.1) is 16.8 Å². The fourth-order valence-corrected chi connectivity index (χ4v) is 7.56. The summed E-state index contributed by atoms with van der Waals surface area (Å²) in [7, 11) is 0. The topological polar surface area (TPSA) is 37.9 Å². The van der Waals surface area contributed by atoms with Crippen molar-refractivity contribution < 1.29 is 4.42 Å². The van der Waals surface area contributed by atoms with E-state index in [1.807, 2.05) is 36.4 Å². The molecule has 1 aliphatic heterocycles. The molecule has 0 amide bonds. The second-order valence-corrected chi connectivity index (χ2v) is 12.9. The lowest BCUT2D eigenvalue weighted by atomic mass is 9.91. The van der Waals surface area contributed by atoms with E-state index in [0.29, 0.717) is 10.9 Å². The predicted molar refractivity (Wildman–Crippen MR) is 202 cm³/mol. The minimum atomic E-state index is -0.0590. The Labute approximate surface area is 283 Å². The molecule has 9 rings (SSSR count). The Morgan fingerprint density at radius 3 is 2.10 bits per heavy atom. The molecular formula is C44H31ClN2O. The van der Waals surface area contributed by atoms with Crippen molar-refractivity contribution in [2.45, 2.75) is 25.3 Å². The summed E-state index contributed by atoms with van der Waals surface area (Å²) >= 11 is 7.33.